The Hall–Kier alpha value is 0.01000. The van der Waals surface area contributed by atoms with E-state index in [1.54, 1.807) is 11.3 Å². The van der Waals surface area contributed by atoms with Crippen LogP contribution >= 0.6 is 34.5 Å². The van der Waals surface area contributed by atoms with Gasteiger partial charge in [-0.25, -0.2) is 4.98 Å². The fourth-order valence-corrected chi connectivity index (χ4v) is 3.41. The third kappa shape index (κ3) is 2.63. The van der Waals surface area contributed by atoms with Crippen LogP contribution in [0.2, 0.25) is 5.15 Å². The molecule has 90 valence electrons. The highest BCUT2D eigenvalue weighted by Gasteiger charge is 2.22. The van der Waals surface area contributed by atoms with Crippen LogP contribution in [0.25, 0.3) is 0 Å². The van der Waals surface area contributed by atoms with Gasteiger partial charge in [-0.2, -0.15) is 0 Å². The highest BCUT2D eigenvalue weighted by atomic mass is 35.5. The number of halogens is 2. The molecule has 0 saturated heterocycles. The van der Waals surface area contributed by atoms with Gasteiger partial charge in [-0.05, 0) is 25.7 Å². The molecule has 0 bridgehead atoms. The molecular weight excluding hydrogens is 263 g/mol. The third-order valence-electron chi connectivity index (χ3n) is 3.12. The number of anilines is 1. The molecule has 1 aromatic rings. The smallest absolute Gasteiger partial charge is 0.187 e. The Balaban J connectivity index is 2.05. The van der Waals surface area contributed by atoms with E-state index in [0.29, 0.717) is 11.0 Å². The lowest BCUT2D eigenvalue weighted by Gasteiger charge is -2.31. The first-order valence-electron chi connectivity index (χ1n) is 5.70. The lowest BCUT2D eigenvalue weighted by molar-refractivity contribution is 0.318. The van der Waals surface area contributed by atoms with Gasteiger partial charge in [0.1, 0.15) is 5.15 Å². The monoisotopic (exact) mass is 278 g/mol. The molecule has 0 atom stereocenters. The summed E-state index contributed by atoms with van der Waals surface area (Å²) in [6.45, 7) is 4.26. The molecule has 5 heteroatoms. The van der Waals surface area contributed by atoms with Crippen LogP contribution in [0.3, 0.4) is 0 Å². The van der Waals surface area contributed by atoms with E-state index in [-0.39, 0.29) is 0 Å². The molecule has 0 unspecified atom stereocenters. The molecule has 2 nitrogen and oxygen atoms in total. The molecule has 1 aromatic heterocycles. The molecule has 0 spiro atoms. The highest BCUT2D eigenvalue weighted by Crippen LogP contribution is 2.33. The van der Waals surface area contributed by atoms with Gasteiger partial charge in [-0.15, -0.1) is 11.6 Å². The van der Waals surface area contributed by atoms with Gasteiger partial charge >= 0.3 is 0 Å². The zero-order chi connectivity index (χ0) is 11.5. The Morgan fingerprint density at radius 2 is 2.25 bits per heavy atom. The first-order valence-corrected chi connectivity index (χ1v) is 7.43. The lowest BCUT2D eigenvalue weighted by atomic mass is 9.85. The van der Waals surface area contributed by atoms with Gasteiger partial charge in [0, 0.05) is 13.1 Å². The largest absolute Gasteiger partial charge is 0.348 e. The van der Waals surface area contributed by atoms with E-state index < -0.39 is 0 Å². The van der Waals surface area contributed by atoms with Crippen LogP contribution in [0.1, 0.15) is 31.1 Å². The SMILES string of the molecule is CCN(CC1CCC1)c1nc(Cl)c(CCl)s1. The molecule has 1 heterocycles. The normalized spacial score (nSPS) is 16.2. The van der Waals surface area contributed by atoms with Crippen molar-refractivity contribution in [2.45, 2.75) is 32.1 Å². The van der Waals surface area contributed by atoms with Gasteiger partial charge in [0.15, 0.2) is 5.13 Å². The van der Waals surface area contributed by atoms with E-state index in [0.717, 1.165) is 29.0 Å². The Bertz CT molecular complexity index is 350. The number of hydrogen-bond donors (Lipinski definition) is 0. The summed E-state index contributed by atoms with van der Waals surface area (Å²) in [7, 11) is 0. The zero-order valence-corrected chi connectivity index (χ0v) is 11.7. The van der Waals surface area contributed by atoms with Crippen LogP contribution in [-0.2, 0) is 5.88 Å². The van der Waals surface area contributed by atoms with Crippen molar-refractivity contribution in [1.29, 1.82) is 0 Å². The Morgan fingerprint density at radius 3 is 2.69 bits per heavy atom. The molecule has 0 N–H and O–H groups in total. The number of rotatable bonds is 5. The maximum absolute atomic E-state index is 6.02. The minimum atomic E-state index is 0.456. The number of aromatic nitrogens is 1. The minimum absolute atomic E-state index is 0.456. The van der Waals surface area contributed by atoms with Crippen LogP contribution in [0.4, 0.5) is 5.13 Å². The predicted molar refractivity (Wildman–Crippen MR) is 71.9 cm³/mol. The summed E-state index contributed by atoms with van der Waals surface area (Å²) in [6, 6.07) is 0. The van der Waals surface area contributed by atoms with Gasteiger partial charge in [-0.1, -0.05) is 29.4 Å². The lowest BCUT2D eigenvalue weighted by Crippen LogP contribution is -2.32. The first kappa shape index (κ1) is 12.5. The molecule has 16 heavy (non-hydrogen) atoms. The molecule has 1 aliphatic carbocycles. The van der Waals surface area contributed by atoms with E-state index in [4.69, 9.17) is 23.2 Å². The first-order chi connectivity index (χ1) is 7.74. The molecule has 1 saturated carbocycles. The highest BCUT2D eigenvalue weighted by molar-refractivity contribution is 7.16. The summed E-state index contributed by atoms with van der Waals surface area (Å²) >= 11 is 13.4. The van der Waals surface area contributed by atoms with Gasteiger partial charge in [0.25, 0.3) is 0 Å². The van der Waals surface area contributed by atoms with Crippen molar-refractivity contribution in [3.05, 3.63) is 10.0 Å². The molecule has 0 aromatic carbocycles. The van der Waals surface area contributed by atoms with E-state index in [2.05, 4.69) is 16.8 Å². The maximum atomic E-state index is 6.02. The average Bonchev–Trinajstić information content (AvgIpc) is 2.58. The van der Waals surface area contributed by atoms with E-state index >= 15 is 0 Å². The van der Waals surface area contributed by atoms with Crippen molar-refractivity contribution in [1.82, 2.24) is 4.98 Å². The van der Waals surface area contributed by atoms with E-state index in [1.807, 2.05) is 0 Å². The maximum Gasteiger partial charge on any atom is 0.187 e. The number of nitrogens with zero attached hydrogens (tertiary/aromatic N) is 2. The van der Waals surface area contributed by atoms with Gasteiger partial charge in [0.05, 0.1) is 10.8 Å². The van der Waals surface area contributed by atoms with E-state index in [1.165, 1.54) is 19.3 Å². The van der Waals surface area contributed by atoms with Crippen molar-refractivity contribution in [3.63, 3.8) is 0 Å². The predicted octanol–water partition coefficient (Wildman–Crippen LogP) is 4.16. The summed E-state index contributed by atoms with van der Waals surface area (Å²) in [4.78, 5) is 7.68. The standard InChI is InChI=1S/C11H16Cl2N2S/c1-2-15(7-8-4-3-5-8)11-14-10(13)9(6-12)16-11/h8H,2-7H2,1H3. The molecule has 0 radical (unpaired) electrons. The molecule has 0 aliphatic heterocycles. The third-order valence-corrected chi connectivity index (χ3v) is 5.08. The van der Waals surface area contributed by atoms with Crippen molar-refractivity contribution >= 4 is 39.7 Å². The van der Waals surface area contributed by atoms with Gasteiger partial charge in [0.2, 0.25) is 0 Å². The van der Waals surface area contributed by atoms with Crippen molar-refractivity contribution in [2.75, 3.05) is 18.0 Å². The van der Waals surface area contributed by atoms with Crippen LogP contribution in [0.5, 0.6) is 0 Å². The van der Waals surface area contributed by atoms with Gasteiger partial charge < -0.3 is 4.90 Å². The average molecular weight is 279 g/mol. The van der Waals surface area contributed by atoms with Crippen LogP contribution < -0.4 is 4.90 Å². The minimum Gasteiger partial charge on any atom is -0.348 e. The fraction of sp³-hybridized carbons (Fsp3) is 0.727. The number of hydrogen-bond acceptors (Lipinski definition) is 3. The Morgan fingerprint density at radius 1 is 1.50 bits per heavy atom. The quantitative estimate of drug-likeness (QED) is 0.752. The Labute approximate surface area is 111 Å². The number of thiazole rings is 1. The van der Waals surface area contributed by atoms with Crippen molar-refractivity contribution in [2.24, 2.45) is 5.92 Å². The molecule has 1 fully saturated rings. The van der Waals surface area contributed by atoms with Gasteiger partial charge in [-0.3, -0.25) is 0 Å². The summed E-state index contributed by atoms with van der Waals surface area (Å²) in [5.74, 6) is 1.30. The fourth-order valence-electron chi connectivity index (χ4n) is 1.87. The second-order valence-corrected chi connectivity index (χ2v) is 5.87. The van der Waals surface area contributed by atoms with E-state index in [9.17, 15) is 0 Å². The summed E-state index contributed by atoms with van der Waals surface area (Å²) < 4.78 is 0. The topological polar surface area (TPSA) is 16.1 Å². The second-order valence-electron chi connectivity index (χ2n) is 4.18. The number of alkyl halides is 1. The molecular formula is C11H16Cl2N2S. The van der Waals surface area contributed by atoms with Crippen molar-refractivity contribution < 1.29 is 0 Å². The molecule has 1 aliphatic rings. The summed E-state index contributed by atoms with van der Waals surface area (Å²) in [5.41, 5.74) is 0. The Kier molecular flexibility index (Phi) is 4.34. The van der Waals surface area contributed by atoms with Crippen LogP contribution in [0, 0.1) is 5.92 Å². The zero-order valence-electron chi connectivity index (χ0n) is 9.38. The summed E-state index contributed by atoms with van der Waals surface area (Å²) in [6.07, 6.45) is 4.10. The molecule has 2 rings (SSSR count). The molecule has 0 amide bonds. The van der Waals surface area contributed by atoms with Crippen LogP contribution in [-0.4, -0.2) is 18.1 Å². The van der Waals surface area contributed by atoms with Crippen LogP contribution in [0.15, 0.2) is 0 Å². The second kappa shape index (κ2) is 5.56. The summed E-state index contributed by atoms with van der Waals surface area (Å²) in [5, 5.41) is 1.59. The van der Waals surface area contributed by atoms with Crippen molar-refractivity contribution in [3.8, 4) is 0 Å².